The molecule has 1 aromatic carbocycles. The molecule has 0 heterocycles. The maximum absolute atomic E-state index is 11.9. The van der Waals surface area contributed by atoms with Crippen molar-refractivity contribution in [3.8, 4) is 5.75 Å². The van der Waals surface area contributed by atoms with Crippen LogP contribution in [0.2, 0.25) is 5.28 Å². The Morgan fingerprint density at radius 3 is 1.71 bits per heavy atom. The van der Waals surface area contributed by atoms with Gasteiger partial charge in [0.25, 0.3) is 0 Å². The summed E-state index contributed by atoms with van der Waals surface area (Å²) < 4.78 is 0. The van der Waals surface area contributed by atoms with Gasteiger partial charge in [0.2, 0.25) is 0 Å². The number of hydrogen-bond acceptors (Lipinski definition) is 1. The molecule has 94 valence electrons. The molecule has 1 aromatic rings. The van der Waals surface area contributed by atoms with Gasteiger partial charge in [-0.2, -0.15) is 0 Å². The number of benzene rings is 1. The topological polar surface area (TPSA) is 23.1 Å². The number of rotatable bonds is 3. The average molecular weight is 269 g/mol. The number of hydrogen-bond donors (Lipinski definition) is 0. The summed E-state index contributed by atoms with van der Waals surface area (Å²) in [6.07, 6.45) is 0. The molecule has 0 atom stereocenters. The molecule has 0 radical (unpaired) electrons. The van der Waals surface area contributed by atoms with Gasteiger partial charge in [0.15, 0.2) is 0 Å². The normalized spacial score (nSPS) is 9.88. The first-order valence-corrected chi connectivity index (χ1v) is 8.73. The third kappa shape index (κ3) is 5.82. The Kier molecular flexibility index (Phi) is 8.78. The third-order valence-corrected chi connectivity index (χ3v) is 3.71. The molecule has 0 bridgehead atoms. The molecule has 0 saturated carbocycles. The van der Waals surface area contributed by atoms with Crippen molar-refractivity contribution in [2.45, 2.75) is 51.7 Å². The molecule has 0 saturated heterocycles. The molecule has 0 aliphatic heterocycles. The van der Waals surface area contributed by atoms with Crippen LogP contribution in [0.25, 0.3) is 0 Å². The molecule has 17 heavy (non-hydrogen) atoms. The predicted molar refractivity (Wildman–Crippen MR) is 76.2 cm³/mol. The summed E-state index contributed by atoms with van der Waals surface area (Å²) in [5, 5.41) is 13.0. The molecule has 0 spiro atoms. The summed E-state index contributed by atoms with van der Waals surface area (Å²) in [6.45, 7) is 10.3. The van der Waals surface area contributed by atoms with Gasteiger partial charge in [0.1, 0.15) is 0 Å². The molecule has 0 aromatic heterocycles. The van der Waals surface area contributed by atoms with E-state index < -0.39 is 0 Å². The van der Waals surface area contributed by atoms with Crippen LogP contribution in [0.3, 0.4) is 0 Å². The van der Waals surface area contributed by atoms with E-state index >= 15 is 0 Å². The second kappa shape index (κ2) is 8.86. The van der Waals surface area contributed by atoms with Crippen LogP contribution in [0, 0.1) is 0 Å². The molecule has 0 aliphatic carbocycles. The Morgan fingerprint density at radius 2 is 1.47 bits per heavy atom. The van der Waals surface area contributed by atoms with Crippen LogP contribution < -0.4 is 5.11 Å². The van der Waals surface area contributed by atoms with E-state index in [1.165, 1.54) is 5.28 Å². The zero-order chi connectivity index (χ0) is 13.4. The fraction of sp³-hybridized carbons (Fsp3) is 0.571. The van der Waals surface area contributed by atoms with Crippen molar-refractivity contribution in [2.75, 3.05) is 0 Å². The molecule has 0 fully saturated rings. The zero-order valence-corrected chi connectivity index (χ0v) is 13.4. The average Bonchev–Trinajstić information content (AvgIpc) is 2.29. The molecular weight excluding hydrogens is 247 g/mol. The molecule has 0 unspecified atom stereocenters. The predicted octanol–water partition coefficient (Wildman–Crippen LogP) is 4.29. The SMILES string of the molecule is CC(C)c1cccc(C(C)C)c1[O-].C[CH2][Al+][Cl]. The van der Waals surface area contributed by atoms with Crippen LogP contribution in [0.5, 0.6) is 5.75 Å². The van der Waals surface area contributed by atoms with Crippen molar-refractivity contribution < 1.29 is 5.11 Å². The third-order valence-electron chi connectivity index (χ3n) is 2.47. The van der Waals surface area contributed by atoms with E-state index in [-0.39, 0.29) is 20.0 Å². The Bertz CT molecular complexity index is 296. The second-order valence-corrected chi connectivity index (χ2v) is 6.69. The van der Waals surface area contributed by atoms with E-state index in [1.807, 2.05) is 18.2 Å². The fourth-order valence-electron chi connectivity index (χ4n) is 1.48. The monoisotopic (exact) mass is 268 g/mol. The molecule has 1 rings (SSSR count). The number of para-hydroxylation sites is 1. The molecule has 3 heteroatoms. The summed E-state index contributed by atoms with van der Waals surface area (Å²) in [5.74, 6) is 0.880. The molecular formula is C14H22AlClO. The van der Waals surface area contributed by atoms with Gasteiger partial charge in [0, 0.05) is 0 Å². The number of halogens is 1. The van der Waals surface area contributed by atoms with E-state index in [1.54, 1.807) is 0 Å². The van der Waals surface area contributed by atoms with E-state index in [2.05, 4.69) is 34.6 Å². The molecule has 0 N–H and O–H groups in total. The van der Waals surface area contributed by atoms with Crippen LogP contribution in [0.1, 0.15) is 57.6 Å². The minimum absolute atomic E-state index is 0.229. The molecule has 0 amide bonds. The van der Waals surface area contributed by atoms with Gasteiger partial charge in [0.05, 0.1) is 0 Å². The Hall–Kier alpha value is -0.158. The van der Waals surface area contributed by atoms with Gasteiger partial charge < -0.3 is 5.11 Å². The van der Waals surface area contributed by atoms with Crippen LogP contribution in [-0.4, -0.2) is 14.3 Å². The first-order valence-electron chi connectivity index (χ1n) is 6.17. The van der Waals surface area contributed by atoms with Gasteiger partial charge in [-0.15, -0.1) is 5.75 Å². The van der Waals surface area contributed by atoms with Gasteiger partial charge in [-0.05, 0) is 11.8 Å². The quantitative estimate of drug-likeness (QED) is 0.750. The minimum atomic E-state index is 0.229. The Balaban J connectivity index is 0.000000557. The zero-order valence-electron chi connectivity index (χ0n) is 11.5. The van der Waals surface area contributed by atoms with Crippen LogP contribution in [0.15, 0.2) is 18.2 Å². The van der Waals surface area contributed by atoms with Gasteiger partial charge >= 0.3 is 36.6 Å². The van der Waals surface area contributed by atoms with Crippen molar-refractivity contribution in [1.82, 2.24) is 0 Å². The fourth-order valence-corrected chi connectivity index (χ4v) is 1.48. The Labute approximate surface area is 116 Å². The summed E-state index contributed by atoms with van der Waals surface area (Å²) >= 11 is 0.255. The van der Waals surface area contributed by atoms with E-state index in [9.17, 15) is 5.11 Å². The van der Waals surface area contributed by atoms with Crippen molar-refractivity contribution in [1.29, 1.82) is 0 Å². The Morgan fingerprint density at radius 1 is 1.12 bits per heavy atom. The molecule has 1 nitrogen and oxygen atoms in total. The van der Waals surface area contributed by atoms with Crippen LogP contribution in [0.4, 0.5) is 0 Å². The summed E-state index contributed by atoms with van der Waals surface area (Å²) in [5.41, 5.74) is 1.87. The molecule has 0 aliphatic rings. The van der Waals surface area contributed by atoms with Crippen molar-refractivity contribution >= 4 is 24.3 Å². The van der Waals surface area contributed by atoms with E-state index in [0.717, 1.165) is 11.1 Å². The van der Waals surface area contributed by atoms with E-state index in [4.69, 9.17) is 10.0 Å². The van der Waals surface area contributed by atoms with E-state index in [0.29, 0.717) is 11.8 Å². The van der Waals surface area contributed by atoms with Crippen LogP contribution >= 0.6 is 10.0 Å². The van der Waals surface area contributed by atoms with Gasteiger partial charge in [-0.25, -0.2) is 0 Å². The summed E-state index contributed by atoms with van der Waals surface area (Å²) in [4.78, 5) is 0. The van der Waals surface area contributed by atoms with Gasteiger partial charge in [-0.3, -0.25) is 0 Å². The van der Waals surface area contributed by atoms with Crippen molar-refractivity contribution in [3.05, 3.63) is 29.3 Å². The van der Waals surface area contributed by atoms with Crippen molar-refractivity contribution in [2.24, 2.45) is 0 Å². The second-order valence-electron chi connectivity index (χ2n) is 4.64. The van der Waals surface area contributed by atoms with Gasteiger partial charge in [-0.1, -0.05) is 57.0 Å². The summed E-state index contributed by atoms with van der Waals surface area (Å²) in [6, 6.07) is 5.84. The van der Waals surface area contributed by atoms with Crippen molar-refractivity contribution in [3.63, 3.8) is 0 Å². The first-order chi connectivity index (χ1) is 7.95. The standard InChI is InChI=1S/C12H18O.C2H5.Al.ClH/c1-8(2)10-6-5-7-11(9(3)4)12(10)13;1-2;;/h5-9,13H,1-4H3;1H2,2H3;;1H/q;;+2;/p-2. The first kappa shape index (κ1) is 16.8. The maximum atomic E-state index is 11.9. The summed E-state index contributed by atoms with van der Waals surface area (Å²) in [7, 11) is 5.27. The van der Waals surface area contributed by atoms with Crippen LogP contribution in [-0.2, 0) is 0 Å².